The molecule has 0 aliphatic rings. The summed E-state index contributed by atoms with van der Waals surface area (Å²) in [6, 6.07) is 7.65. The van der Waals surface area contributed by atoms with Crippen molar-refractivity contribution in [2.75, 3.05) is 6.61 Å². The molecule has 1 aromatic rings. The molecule has 0 bridgehead atoms. The summed E-state index contributed by atoms with van der Waals surface area (Å²) in [5.74, 6) is 4.88. The van der Waals surface area contributed by atoms with Gasteiger partial charge in [-0.1, -0.05) is 29.8 Å². The molecule has 0 aliphatic heterocycles. The van der Waals surface area contributed by atoms with Gasteiger partial charge in [0.05, 0.1) is 6.61 Å². The van der Waals surface area contributed by atoms with Gasteiger partial charge in [-0.25, -0.2) is 5.90 Å². The lowest BCUT2D eigenvalue weighted by Crippen LogP contribution is -2.03. The highest BCUT2D eigenvalue weighted by Crippen LogP contribution is 2.14. The maximum atomic E-state index is 5.86. The Labute approximate surface area is 70.9 Å². The second-order valence-corrected chi connectivity index (χ2v) is 2.62. The lowest BCUT2D eigenvalue weighted by atomic mass is 10.2. The molecule has 11 heavy (non-hydrogen) atoms. The zero-order valence-electron chi connectivity index (χ0n) is 6.09. The van der Waals surface area contributed by atoms with Crippen molar-refractivity contribution in [3.8, 4) is 0 Å². The first kappa shape index (κ1) is 8.53. The van der Waals surface area contributed by atoms with E-state index in [0.717, 1.165) is 17.0 Å². The van der Waals surface area contributed by atoms with Crippen molar-refractivity contribution in [3.63, 3.8) is 0 Å². The molecule has 1 rings (SSSR count). The molecule has 0 fully saturated rings. The summed E-state index contributed by atoms with van der Waals surface area (Å²) >= 11 is 5.86. The molecule has 60 valence electrons. The minimum absolute atomic E-state index is 0.504. The van der Waals surface area contributed by atoms with Gasteiger partial charge in [0.15, 0.2) is 0 Å². The van der Waals surface area contributed by atoms with Gasteiger partial charge in [-0.05, 0) is 18.1 Å². The highest BCUT2D eigenvalue weighted by Gasteiger charge is 1.96. The summed E-state index contributed by atoms with van der Waals surface area (Å²) in [4.78, 5) is 4.44. The molecule has 0 saturated carbocycles. The zero-order valence-corrected chi connectivity index (χ0v) is 6.84. The molecule has 0 heterocycles. The third-order valence-electron chi connectivity index (χ3n) is 1.45. The van der Waals surface area contributed by atoms with Crippen LogP contribution < -0.4 is 5.90 Å². The fourth-order valence-electron chi connectivity index (χ4n) is 0.870. The second kappa shape index (κ2) is 4.34. The summed E-state index contributed by atoms with van der Waals surface area (Å²) in [5, 5.41) is 0.768. The Hall–Kier alpha value is -0.570. The third kappa shape index (κ3) is 2.50. The molecule has 0 aliphatic carbocycles. The molecule has 0 radical (unpaired) electrons. The zero-order chi connectivity index (χ0) is 8.10. The summed E-state index contributed by atoms with van der Waals surface area (Å²) in [6.45, 7) is 0.504. The molecule has 2 nitrogen and oxygen atoms in total. The largest absolute Gasteiger partial charge is 0.304 e. The van der Waals surface area contributed by atoms with Gasteiger partial charge in [0.1, 0.15) is 0 Å². The highest BCUT2D eigenvalue weighted by atomic mass is 35.5. The molecule has 0 atom stereocenters. The van der Waals surface area contributed by atoms with Gasteiger partial charge in [0.25, 0.3) is 0 Å². The van der Waals surface area contributed by atoms with Crippen molar-refractivity contribution in [2.45, 2.75) is 6.42 Å². The van der Waals surface area contributed by atoms with Crippen LogP contribution in [0.25, 0.3) is 0 Å². The molecular weight excluding hydrogens is 162 g/mol. The predicted octanol–water partition coefficient (Wildman–Crippen LogP) is 1.77. The van der Waals surface area contributed by atoms with Crippen LogP contribution >= 0.6 is 11.6 Å². The van der Waals surface area contributed by atoms with E-state index in [2.05, 4.69) is 4.84 Å². The van der Waals surface area contributed by atoms with E-state index >= 15 is 0 Å². The lowest BCUT2D eigenvalue weighted by Gasteiger charge is -2.00. The Morgan fingerprint density at radius 1 is 1.36 bits per heavy atom. The summed E-state index contributed by atoms with van der Waals surface area (Å²) in [6.07, 6.45) is 0.760. The van der Waals surface area contributed by atoms with Gasteiger partial charge in [0.2, 0.25) is 0 Å². The van der Waals surface area contributed by atoms with Crippen LogP contribution in [0.15, 0.2) is 24.3 Å². The molecule has 2 N–H and O–H groups in total. The predicted molar refractivity (Wildman–Crippen MR) is 45.3 cm³/mol. The maximum Gasteiger partial charge on any atom is 0.0720 e. The standard InChI is InChI=1S/C8H10ClNO/c9-8-4-2-1-3-7(8)5-6-11-10/h1-4H,5-6,10H2. The van der Waals surface area contributed by atoms with Crippen LogP contribution in [0.5, 0.6) is 0 Å². The molecule has 3 heteroatoms. The Bertz CT molecular complexity index is 227. The van der Waals surface area contributed by atoms with Gasteiger partial charge in [-0.2, -0.15) is 0 Å². The first-order chi connectivity index (χ1) is 5.34. The normalized spacial score (nSPS) is 10.0. The monoisotopic (exact) mass is 171 g/mol. The smallest absolute Gasteiger partial charge is 0.0720 e. The van der Waals surface area contributed by atoms with E-state index in [9.17, 15) is 0 Å². The summed E-state index contributed by atoms with van der Waals surface area (Å²) in [7, 11) is 0. The van der Waals surface area contributed by atoms with Gasteiger partial charge in [-0.3, -0.25) is 0 Å². The van der Waals surface area contributed by atoms with E-state index in [0.29, 0.717) is 6.61 Å². The maximum absolute atomic E-state index is 5.86. The molecular formula is C8H10ClNO. The average molecular weight is 172 g/mol. The minimum Gasteiger partial charge on any atom is -0.304 e. The Kier molecular flexibility index (Phi) is 3.36. The van der Waals surface area contributed by atoms with Crippen LogP contribution in [0, 0.1) is 0 Å². The van der Waals surface area contributed by atoms with E-state index in [1.54, 1.807) is 0 Å². The average Bonchev–Trinajstić information content (AvgIpc) is 2.03. The Balaban J connectivity index is 2.62. The SMILES string of the molecule is NOCCc1ccccc1Cl. The van der Waals surface area contributed by atoms with E-state index in [1.165, 1.54) is 0 Å². The van der Waals surface area contributed by atoms with Gasteiger partial charge >= 0.3 is 0 Å². The van der Waals surface area contributed by atoms with Crippen molar-refractivity contribution in [3.05, 3.63) is 34.9 Å². The van der Waals surface area contributed by atoms with E-state index in [4.69, 9.17) is 17.5 Å². The number of nitrogens with two attached hydrogens (primary N) is 1. The van der Waals surface area contributed by atoms with Crippen molar-refractivity contribution in [1.29, 1.82) is 0 Å². The van der Waals surface area contributed by atoms with Gasteiger partial charge < -0.3 is 4.84 Å². The van der Waals surface area contributed by atoms with Gasteiger partial charge in [0, 0.05) is 5.02 Å². The Morgan fingerprint density at radius 3 is 2.73 bits per heavy atom. The van der Waals surface area contributed by atoms with Crippen LogP contribution in [0.2, 0.25) is 5.02 Å². The molecule has 0 aromatic heterocycles. The topological polar surface area (TPSA) is 35.2 Å². The second-order valence-electron chi connectivity index (χ2n) is 2.21. The first-order valence-electron chi connectivity index (χ1n) is 3.39. The summed E-state index contributed by atoms with van der Waals surface area (Å²) < 4.78 is 0. The van der Waals surface area contributed by atoms with Crippen molar-refractivity contribution < 1.29 is 4.84 Å². The molecule has 0 amide bonds. The number of halogens is 1. The fraction of sp³-hybridized carbons (Fsp3) is 0.250. The van der Waals surface area contributed by atoms with Crippen molar-refractivity contribution in [2.24, 2.45) is 5.90 Å². The molecule has 0 saturated heterocycles. The van der Waals surface area contributed by atoms with Crippen LogP contribution in [-0.2, 0) is 11.3 Å². The first-order valence-corrected chi connectivity index (χ1v) is 3.77. The summed E-state index contributed by atoms with van der Waals surface area (Å²) in [5.41, 5.74) is 1.07. The van der Waals surface area contributed by atoms with Crippen molar-refractivity contribution in [1.82, 2.24) is 0 Å². The van der Waals surface area contributed by atoms with Gasteiger partial charge in [-0.15, -0.1) is 0 Å². The molecule has 0 unspecified atom stereocenters. The number of hydrogen-bond acceptors (Lipinski definition) is 2. The fourth-order valence-corrected chi connectivity index (χ4v) is 1.10. The minimum atomic E-state index is 0.504. The van der Waals surface area contributed by atoms with Crippen LogP contribution in [-0.4, -0.2) is 6.61 Å². The molecule has 1 aromatic carbocycles. The van der Waals surface area contributed by atoms with E-state index in [-0.39, 0.29) is 0 Å². The van der Waals surface area contributed by atoms with E-state index < -0.39 is 0 Å². The number of hydrogen-bond donors (Lipinski definition) is 1. The number of rotatable bonds is 3. The number of benzene rings is 1. The quantitative estimate of drug-likeness (QED) is 0.704. The van der Waals surface area contributed by atoms with Crippen LogP contribution in [0.4, 0.5) is 0 Å². The Morgan fingerprint density at radius 2 is 2.09 bits per heavy atom. The lowest BCUT2D eigenvalue weighted by molar-refractivity contribution is 0.141. The third-order valence-corrected chi connectivity index (χ3v) is 1.82. The molecule has 0 spiro atoms. The van der Waals surface area contributed by atoms with E-state index in [1.807, 2.05) is 24.3 Å². The van der Waals surface area contributed by atoms with Crippen molar-refractivity contribution >= 4 is 11.6 Å². The van der Waals surface area contributed by atoms with Crippen LogP contribution in [0.3, 0.4) is 0 Å². The highest BCUT2D eigenvalue weighted by molar-refractivity contribution is 6.31. The van der Waals surface area contributed by atoms with Crippen LogP contribution in [0.1, 0.15) is 5.56 Å².